The van der Waals surface area contributed by atoms with Crippen LogP contribution in [0.4, 0.5) is 0 Å². The Kier molecular flexibility index (Phi) is 3.96. The van der Waals surface area contributed by atoms with Gasteiger partial charge in [0.25, 0.3) is 0 Å². The summed E-state index contributed by atoms with van der Waals surface area (Å²) in [5.74, 6) is 0. The third-order valence-electron chi connectivity index (χ3n) is 4.41. The molecule has 2 saturated heterocycles. The summed E-state index contributed by atoms with van der Waals surface area (Å²) in [6.07, 6.45) is 2.92. The summed E-state index contributed by atoms with van der Waals surface area (Å²) in [6, 6.07) is 0.963. The van der Waals surface area contributed by atoms with Crippen molar-refractivity contribution in [3.05, 3.63) is 0 Å². The van der Waals surface area contributed by atoms with E-state index in [2.05, 4.69) is 20.0 Å². The lowest BCUT2D eigenvalue weighted by Gasteiger charge is -2.36. The fraction of sp³-hybridized carbons (Fsp3) is 1.00. The monoisotopic (exact) mass is 238 g/mol. The molecule has 0 atom stereocenters. The van der Waals surface area contributed by atoms with Crippen LogP contribution in [0, 0.1) is 0 Å². The van der Waals surface area contributed by atoms with Crippen LogP contribution in [0.3, 0.4) is 0 Å². The first kappa shape index (κ1) is 11.9. The van der Waals surface area contributed by atoms with Crippen LogP contribution >= 0.6 is 0 Å². The lowest BCUT2D eigenvalue weighted by Crippen LogP contribution is -2.51. The van der Waals surface area contributed by atoms with Gasteiger partial charge in [-0.05, 0) is 12.8 Å². The highest BCUT2D eigenvalue weighted by Gasteiger charge is 2.31. The first-order chi connectivity index (χ1) is 8.42. The standard InChI is InChI=1S/C13H26N4/c1-2-13(1)17-11-9-16(10-12-17)8-7-15-5-3-14-4-6-15/h13-14H,1-12H2. The van der Waals surface area contributed by atoms with Crippen LogP contribution in [0.5, 0.6) is 0 Å². The van der Waals surface area contributed by atoms with E-state index in [4.69, 9.17) is 0 Å². The van der Waals surface area contributed by atoms with Gasteiger partial charge in [-0.15, -0.1) is 0 Å². The maximum Gasteiger partial charge on any atom is 0.0113 e. The summed E-state index contributed by atoms with van der Waals surface area (Å²) in [5, 5.41) is 3.42. The van der Waals surface area contributed by atoms with Gasteiger partial charge in [0.2, 0.25) is 0 Å². The lowest BCUT2D eigenvalue weighted by molar-refractivity contribution is 0.111. The molecule has 4 nitrogen and oxygen atoms in total. The largest absolute Gasteiger partial charge is 0.314 e. The van der Waals surface area contributed by atoms with Gasteiger partial charge in [-0.2, -0.15) is 0 Å². The van der Waals surface area contributed by atoms with Crippen LogP contribution < -0.4 is 5.32 Å². The Morgan fingerprint density at radius 3 is 1.94 bits per heavy atom. The summed E-state index contributed by atoms with van der Waals surface area (Å²) in [7, 11) is 0. The molecule has 98 valence electrons. The highest BCUT2D eigenvalue weighted by molar-refractivity contribution is 4.87. The smallest absolute Gasteiger partial charge is 0.0113 e. The van der Waals surface area contributed by atoms with Gasteiger partial charge in [-0.3, -0.25) is 14.7 Å². The molecular formula is C13H26N4. The van der Waals surface area contributed by atoms with Gasteiger partial charge in [0, 0.05) is 71.5 Å². The molecule has 3 aliphatic rings. The zero-order valence-corrected chi connectivity index (χ0v) is 10.9. The van der Waals surface area contributed by atoms with Gasteiger partial charge in [0.1, 0.15) is 0 Å². The molecule has 2 heterocycles. The SMILES string of the molecule is C1CN(CCN2CCN(C3CC3)CC2)CCN1. The third kappa shape index (κ3) is 3.41. The van der Waals surface area contributed by atoms with E-state index in [9.17, 15) is 0 Å². The molecule has 0 bridgehead atoms. The summed E-state index contributed by atoms with van der Waals surface area (Å²) in [4.78, 5) is 7.95. The second-order valence-electron chi connectivity index (χ2n) is 5.70. The number of rotatable bonds is 4. The first-order valence-corrected chi connectivity index (χ1v) is 7.31. The van der Waals surface area contributed by atoms with Gasteiger partial charge in [0.15, 0.2) is 0 Å². The molecule has 0 spiro atoms. The predicted molar refractivity (Wildman–Crippen MR) is 70.3 cm³/mol. The topological polar surface area (TPSA) is 21.8 Å². The van der Waals surface area contributed by atoms with E-state index in [1.807, 2.05) is 0 Å². The molecule has 17 heavy (non-hydrogen) atoms. The molecule has 2 aliphatic heterocycles. The van der Waals surface area contributed by atoms with Gasteiger partial charge in [-0.1, -0.05) is 0 Å². The predicted octanol–water partition coefficient (Wildman–Crippen LogP) is -0.328. The maximum absolute atomic E-state index is 3.42. The Morgan fingerprint density at radius 1 is 0.765 bits per heavy atom. The van der Waals surface area contributed by atoms with Crippen LogP contribution in [-0.2, 0) is 0 Å². The van der Waals surface area contributed by atoms with E-state index in [-0.39, 0.29) is 0 Å². The molecule has 3 rings (SSSR count). The van der Waals surface area contributed by atoms with Crippen molar-refractivity contribution in [2.75, 3.05) is 65.4 Å². The first-order valence-electron chi connectivity index (χ1n) is 7.31. The zero-order chi connectivity index (χ0) is 11.5. The number of piperazine rings is 2. The van der Waals surface area contributed by atoms with Crippen molar-refractivity contribution in [3.8, 4) is 0 Å². The average molecular weight is 238 g/mol. The molecule has 1 aliphatic carbocycles. The maximum atomic E-state index is 3.42. The summed E-state index contributed by atoms with van der Waals surface area (Å²) < 4.78 is 0. The van der Waals surface area contributed by atoms with Crippen molar-refractivity contribution in [3.63, 3.8) is 0 Å². The normalized spacial score (nSPS) is 29.6. The van der Waals surface area contributed by atoms with Gasteiger partial charge < -0.3 is 5.32 Å². The van der Waals surface area contributed by atoms with Crippen molar-refractivity contribution in [1.29, 1.82) is 0 Å². The van der Waals surface area contributed by atoms with Crippen molar-refractivity contribution in [2.24, 2.45) is 0 Å². The average Bonchev–Trinajstić information content (AvgIpc) is 3.23. The third-order valence-corrected chi connectivity index (χ3v) is 4.41. The highest BCUT2D eigenvalue weighted by Crippen LogP contribution is 2.27. The Morgan fingerprint density at radius 2 is 1.35 bits per heavy atom. The molecular weight excluding hydrogens is 212 g/mol. The Bertz CT molecular complexity index is 228. The molecule has 3 fully saturated rings. The molecule has 0 radical (unpaired) electrons. The van der Waals surface area contributed by atoms with Crippen molar-refractivity contribution in [2.45, 2.75) is 18.9 Å². The second-order valence-corrected chi connectivity index (χ2v) is 5.70. The minimum absolute atomic E-state index is 0.963. The molecule has 1 N–H and O–H groups in total. The van der Waals surface area contributed by atoms with Gasteiger partial charge in [-0.25, -0.2) is 0 Å². The molecule has 0 aromatic heterocycles. The quantitative estimate of drug-likeness (QED) is 0.724. The minimum atomic E-state index is 0.963. The van der Waals surface area contributed by atoms with Crippen LogP contribution in [0.25, 0.3) is 0 Å². The van der Waals surface area contributed by atoms with E-state index in [1.54, 1.807) is 0 Å². The molecule has 0 amide bonds. The van der Waals surface area contributed by atoms with Crippen LogP contribution in [-0.4, -0.2) is 86.2 Å². The van der Waals surface area contributed by atoms with E-state index in [0.29, 0.717) is 0 Å². The van der Waals surface area contributed by atoms with Crippen LogP contribution in [0.1, 0.15) is 12.8 Å². The van der Waals surface area contributed by atoms with Gasteiger partial charge in [0.05, 0.1) is 0 Å². The van der Waals surface area contributed by atoms with Crippen molar-refractivity contribution >= 4 is 0 Å². The molecule has 0 aromatic carbocycles. The lowest BCUT2D eigenvalue weighted by atomic mass is 10.3. The van der Waals surface area contributed by atoms with Crippen LogP contribution in [0.2, 0.25) is 0 Å². The number of hydrogen-bond donors (Lipinski definition) is 1. The molecule has 4 heteroatoms. The highest BCUT2D eigenvalue weighted by atomic mass is 15.3. The minimum Gasteiger partial charge on any atom is -0.314 e. The van der Waals surface area contributed by atoms with Crippen LogP contribution in [0.15, 0.2) is 0 Å². The molecule has 0 aromatic rings. The Labute approximate surface area is 105 Å². The fourth-order valence-corrected chi connectivity index (χ4v) is 3.01. The number of nitrogens with zero attached hydrogens (tertiary/aromatic N) is 3. The Hall–Kier alpha value is -0.160. The summed E-state index contributed by atoms with van der Waals surface area (Å²) >= 11 is 0. The zero-order valence-electron chi connectivity index (χ0n) is 10.9. The second kappa shape index (κ2) is 5.65. The van der Waals surface area contributed by atoms with Gasteiger partial charge >= 0.3 is 0 Å². The number of hydrogen-bond acceptors (Lipinski definition) is 4. The number of nitrogens with one attached hydrogen (secondary N) is 1. The van der Waals surface area contributed by atoms with E-state index >= 15 is 0 Å². The van der Waals surface area contributed by atoms with Crippen molar-refractivity contribution < 1.29 is 0 Å². The summed E-state index contributed by atoms with van der Waals surface area (Å²) in [5.41, 5.74) is 0. The molecule has 1 saturated carbocycles. The van der Waals surface area contributed by atoms with E-state index < -0.39 is 0 Å². The summed E-state index contributed by atoms with van der Waals surface area (Å²) in [6.45, 7) is 12.6. The van der Waals surface area contributed by atoms with Crippen molar-refractivity contribution in [1.82, 2.24) is 20.0 Å². The molecule has 0 unspecified atom stereocenters. The van der Waals surface area contributed by atoms with E-state index in [1.165, 1.54) is 78.3 Å². The van der Waals surface area contributed by atoms with E-state index in [0.717, 1.165) is 6.04 Å². The Balaban J connectivity index is 1.32. The fourth-order valence-electron chi connectivity index (χ4n) is 3.01.